The highest BCUT2D eigenvalue weighted by Gasteiger charge is 2.44. The maximum atomic E-state index is 12.6. The Morgan fingerprint density at radius 3 is 2.58 bits per heavy atom. The summed E-state index contributed by atoms with van der Waals surface area (Å²) in [4.78, 5) is 19.0. The normalized spacial score (nSPS) is 21.1. The molecular formula is C23H35N5O3. The number of amides is 1. The molecule has 8 heteroatoms. The topological polar surface area (TPSA) is 107 Å². The molecule has 2 heterocycles. The highest BCUT2D eigenvalue weighted by molar-refractivity contribution is 5.69. The van der Waals surface area contributed by atoms with E-state index in [0.717, 1.165) is 43.8 Å². The summed E-state index contributed by atoms with van der Waals surface area (Å²) in [6.45, 7) is 3.47. The Labute approximate surface area is 184 Å². The number of carbonyl (C=O) groups excluding carboxylic acids is 1. The number of likely N-dealkylation sites (N-methyl/N-ethyl adjacent to an activating group) is 1. The molecule has 1 spiro atoms. The second-order valence-corrected chi connectivity index (χ2v) is 9.36. The van der Waals surface area contributed by atoms with E-state index >= 15 is 0 Å². The fourth-order valence-electron chi connectivity index (χ4n) is 4.92. The third-order valence-corrected chi connectivity index (χ3v) is 7.09. The molecule has 1 saturated heterocycles. The first kappa shape index (κ1) is 21.7. The van der Waals surface area contributed by atoms with Crippen molar-refractivity contribution < 1.29 is 14.3 Å². The summed E-state index contributed by atoms with van der Waals surface area (Å²) in [7, 11) is 1.68. The van der Waals surface area contributed by atoms with Crippen LogP contribution in [0.1, 0.15) is 62.8 Å². The van der Waals surface area contributed by atoms with E-state index in [9.17, 15) is 4.79 Å². The van der Waals surface area contributed by atoms with Gasteiger partial charge in [0.2, 0.25) is 0 Å². The summed E-state index contributed by atoms with van der Waals surface area (Å²) >= 11 is 0. The van der Waals surface area contributed by atoms with E-state index < -0.39 is 0 Å². The van der Waals surface area contributed by atoms with Gasteiger partial charge in [-0.05, 0) is 69.4 Å². The van der Waals surface area contributed by atoms with Crippen molar-refractivity contribution in [2.45, 2.75) is 64.4 Å². The van der Waals surface area contributed by atoms with Gasteiger partial charge in [0.25, 0.3) is 0 Å². The van der Waals surface area contributed by atoms with Gasteiger partial charge in [-0.15, -0.1) is 0 Å². The monoisotopic (exact) mass is 429 g/mol. The molecule has 31 heavy (non-hydrogen) atoms. The molecule has 0 aromatic carbocycles. The lowest BCUT2D eigenvalue weighted by molar-refractivity contribution is 0.0955. The van der Waals surface area contributed by atoms with Gasteiger partial charge in [-0.2, -0.15) is 0 Å². The number of nitrogens with zero attached hydrogens (tertiary/aromatic N) is 3. The molecule has 170 valence electrons. The number of carbonyl (C=O) groups is 1. The Kier molecular flexibility index (Phi) is 6.27. The zero-order chi connectivity index (χ0) is 22.0. The van der Waals surface area contributed by atoms with Crippen LogP contribution < -0.4 is 16.3 Å². The molecule has 1 amide bonds. The van der Waals surface area contributed by atoms with Crippen molar-refractivity contribution in [2.24, 2.45) is 17.0 Å². The first-order valence-electron chi connectivity index (χ1n) is 11.4. The number of hydrogen-bond donors (Lipinski definition) is 2. The van der Waals surface area contributed by atoms with Crippen molar-refractivity contribution >= 4 is 11.8 Å². The molecule has 8 nitrogen and oxygen atoms in total. The van der Waals surface area contributed by atoms with E-state index in [0.29, 0.717) is 22.5 Å². The number of ether oxygens (including phenoxy) is 2. The van der Waals surface area contributed by atoms with E-state index in [1.165, 1.54) is 37.1 Å². The van der Waals surface area contributed by atoms with Crippen LogP contribution in [-0.2, 0) is 4.74 Å². The summed E-state index contributed by atoms with van der Waals surface area (Å²) in [5, 5.41) is 1.39. The number of aryl methyl sites for hydroxylation is 1. The molecule has 4 N–H and O–H groups in total. The summed E-state index contributed by atoms with van der Waals surface area (Å²) in [6.07, 6.45) is 9.35. The molecule has 1 aromatic heterocycles. The van der Waals surface area contributed by atoms with Gasteiger partial charge in [0.1, 0.15) is 12.4 Å². The molecule has 3 aliphatic rings. The number of aromatic nitrogens is 1. The number of nitrogens with two attached hydrogens (primary N) is 2. The highest BCUT2D eigenvalue weighted by Crippen LogP contribution is 2.48. The van der Waals surface area contributed by atoms with Crippen LogP contribution in [0.3, 0.4) is 0 Å². The first-order valence-corrected chi connectivity index (χ1v) is 11.4. The van der Waals surface area contributed by atoms with Gasteiger partial charge in [-0.25, -0.2) is 15.6 Å². The Bertz CT molecular complexity index is 844. The zero-order valence-corrected chi connectivity index (χ0v) is 18.7. The van der Waals surface area contributed by atoms with Crippen LogP contribution in [0, 0.1) is 12.3 Å². The quantitative estimate of drug-likeness (QED) is 0.528. The second kappa shape index (κ2) is 8.94. The van der Waals surface area contributed by atoms with Crippen LogP contribution in [0.25, 0.3) is 5.70 Å². The van der Waals surface area contributed by atoms with Gasteiger partial charge in [-0.1, -0.05) is 6.42 Å². The largest absolute Gasteiger partial charge is 0.489 e. The molecule has 4 rings (SSSR count). The van der Waals surface area contributed by atoms with Crippen molar-refractivity contribution in [3.63, 3.8) is 0 Å². The standard InChI is InChI=1S/C23H35N5O3/c1-16-20(31-17-6-3-4-7-17)9-8-18(26-16)21(24)19(27(2)25)14-30-22(29)28-13-12-23(15-28)10-5-11-23/h8-9,17H,3-7,10-15,24-25H2,1-2H3/b21-19-. The lowest BCUT2D eigenvalue weighted by Crippen LogP contribution is -2.37. The average Bonchev–Trinajstić information content (AvgIpc) is 3.39. The number of rotatable bonds is 6. The number of hydrogen-bond acceptors (Lipinski definition) is 7. The van der Waals surface area contributed by atoms with Crippen LogP contribution in [0.2, 0.25) is 0 Å². The van der Waals surface area contributed by atoms with E-state index in [1.807, 2.05) is 19.1 Å². The molecule has 0 unspecified atom stereocenters. The molecule has 0 atom stereocenters. The van der Waals surface area contributed by atoms with Crippen LogP contribution in [-0.4, -0.2) is 53.8 Å². The van der Waals surface area contributed by atoms with Crippen molar-refractivity contribution in [1.29, 1.82) is 0 Å². The van der Waals surface area contributed by atoms with E-state index in [1.54, 1.807) is 11.9 Å². The van der Waals surface area contributed by atoms with Crippen molar-refractivity contribution in [3.8, 4) is 5.75 Å². The van der Waals surface area contributed by atoms with Crippen LogP contribution in [0.15, 0.2) is 17.8 Å². The maximum Gasteiger partial charge on any atom is 0.410 e. The molecular weight excluding hydrogens is 394 g/mol. The van der Waals surface area contributed by atoms with Gasteiger partial charge in [0.05, 0.1) is 28.9 Å². The lowest BCUT2D eigenvalue weighted by Gasteiger charge is -2.37. The molecule has 0 radical (unpaired) electrons. The molecule has 2 aliphatic carbocycles. The molecule has 3 fully saturated rings. The second-order valence-electron chi connectivity index (χ2n) is 9.36. The fourth-order valence-corrected chi connectivity index (χ4v) is 4.92. The SMILES string of the molecule is Cc1nc(/C(N)=C(\COC(=O)N2CCC3(CCC3)C2)N(C)N)ccc1OC1CCCC1. The van der Waals surface area contributed by atoms with Crippen molar-refractivity contribution in [3.05, 3.63) is 29.2 Å². The summed E-state index contributed by atoms with van der Waals surface area (Å²) in [5.74, 6) is 6.79. The Morgan fingerprint density at radius 2 is 2.00 bits per heavy atom. The van der Waals surface area contributed by atoms with E-state index in [4.69, 9.17) is 21.1 Å². The van der Waals surface area contributed by atoms with Crippen molar-refractivity contribution in [2.75, 3.05) is 26.7 Å². The maximum absolute atomic E-state index is 12.6. The predicted molar refractivity (Wildman–Crippen MR) is 119 cm³/mol. The minimum absolute atomic E-state index is 0.00220. The zero-order valence-electron chi connectivity index (χ0n) is 18.7. The van der Waals surface area contributed by atoms with Crippen LogP contribution >= 0.6 is 0 Å². The van der Waals surface area contributed by atoms with Gasteiger partial charge in [0.15, 0.2) is 0 Å². The average molecular weight is 430 g/mol. The first-order chi connectivity index (χ1) is 14.9. The Hall–Kier alpha value is -2.48. The van der Waals surface area contributed by atoms with Crippen LogP contribution in [0.4, 0.5) is 4.79 Å². The summed E-state index contributed by atoms with van der Waals surface area (Å²) in [6, 6.07) is 3.74. The third-order valence-electron chi connectivity index (χ3n) is 7.09. The third kappa shape index (κ3) is 4.74. The number of hydrazine groups is 1. The predicted octanol–water partition coefficient (Wildman–Crippen LogP) is 3.16. The van der Waals surface area contributed by atoms with E-state index in [2.05, 4.69) is 4.98 Å². The number of pyridine rings is 1. The highest BCUT2D eigenvalue weighted by atomic mass is 16.6. The van der Waals surface area contributed by atoms with Crippen LogP contribution in [0.5, 0.6) is 5.75 Å². The lowest BCUT2D eigenvalue weighted by atomic mass is 9.68. The minimum Gasteiger partial charge on any atom is -0.489 e. The molecule has 0 bridgehead atoms. The van der Waals surface area contributed by atoms with Gasteiger partial charge >= 0.3 is 6.09 Å². The van der Waals surface area contributed by atoms with Gasteiger partial charge in [0, 0.05) is 20.1 Å². The smallest absolute Gasteiger partial charge is 0.410 e. The minimum atomic E-state index is -0.305. The Morgan fingerprint density at radius 1 is 1.26 bits per heavy atom. The Balaban J connectivity index is 1.41. The van der Waals surface area contributed by atoms with Gasteiger partial charge < -0.3 is 25.1 Å². The fraction of sp³-hybridized carbons (Fsp3) is 0.652. The molecule has 1 aliphatic heterocycles. The number of likely N-dealkylation sites (tertiary alicyclic amines) is 1. The van der Waals surface area contributed by atoms with Crippen molar-refractivity contribution in [1.82, 2.24) is 14.9 Å². The van der Waals surface area contributed by atoms with Gasteiger partial charge in [-0.3, -0.25) is 0 Å². The van der Waals surface area contributed by atoms with E-state index in [-0.39, 0.29) is 18.8 Å². The molecule has 2 saturated carbocycles. The summed E-state index contributed by atoms with van der Waals surface area (Å²) in [5.41, 5.74) is 9.01. The molecule has 1 aromatic rings. The summed E-state index contributed by atoms with van der Waals surface area (Å²) < 4.78 is 11.7.